The number of nitrogens with one attached hydrogen (secondary N) is 3. The standard InChI is InChI=1S/C23H26F3N7O4S/c1-11-6-5-7-33(11)20(35)16-17(38-19(29-16)18(34)28-10-15-31-32-21(36)37-15)12-9-27-14(30-22(2,3)4)8-13(12)23(24,25)26/h8-9,11H,5-7,10H2,1-4H3,(H,27,30)(H,28,34)(H,32,36)/t11-/m0/s1. The zero-order chi connectivity index (χ0) is 27.8. The third-order valence-corrected chi connectivity index (χ3v) is 6.76. The Balaban J connectivity index is 1.77. The number of rotatable bonds is 6. The number of hydrogen-bond donors (Lipinski definition) is 3. The second-order valence-electron chi connectivity index (χ2n) is 9.86. The Morgan fingerprint density at radius 1 is 1.29 bits per heavy atom. The van der Waals surface area contributed by atoms with Gasteiger partial charge in [-0.1, -0.05) is 0 Å². The Labute approximate surface area is 218 Å². The van der Waals surface area contributed by atoms with E-state index in [0.717, 1.165) is 25.1 Å². The third-order valence-electron chi connectivity index (χ3n) is 5.68. The minimum Gasteiger partial charge on any atom is -0.391 e. The number of halogens is 3. The van der Waals surface area contributed by atoms with Gasteiger partial charge in [0, 0.05) is 29.9 Å². The molecule has 0 saturated carbocycles. The van der Waals surface area contributed by atoms with Crippen molar-refractivity contribution in [2.75, 3.05) is 11.9 Å². The van der Waals surface area contributed by atoms with E-state index in [1.165, 1.54) is 4.90 Å². The van der Waals surface area contributed by atoms with Gasteiger partial charge < -0.3 is 20.0 Å². The number of likely N-dealkylation sites (tertiary alicyclic amines) is 1. The first kappa shape index (κ1) is 27.3. The molecule has 0 radical (unpaired) electrons. The van der Waals surface area contributed by atoms with Crippen LogP contribution in [0.2, 0.25) is 0 Å². The van der Waals surface area contributed by atoms with E-state index in [1.54, 1.807) is 20.8 Å². The van der Waals surface area contributed by atoms with Crippen molar-refractivity contribution in [2.45, 2.75) is 64.8 Å². The van der Waals surface area contributed by atoms with Gasteiger partial charge in [0.25, 0.3) is 11.8 Å². The van der Waals surface area contributed by atoms with Crippen molar-refractivity contribution < 1.29 is 27.2 Å². The predicted molar refractivity (Wildman–Crippen MR) is 132 cm³/mol. The SMILES string of the molecule is C[C@H]1CCCN1C(=O)c1nc(C(=O)NCc2n[nH]c(=O)o2)sc1-c1cnc(NC(C)(C)C)cc1C(F)(F)F. The number of thiazole rings is 1. The summed E-state index contributed by atoms with van der Waals surface area (Å²) in [7, 11) is 0. The quantitative estimate of drug-likeness (QED) is 0.419. The lowest BCUT2D eigenvalue weighted by atomic mass is 10.1. The molecule has 1 saturated heterocycles. The second-order valence-corrected chi connectivity index (χ2v) is 10.9. The highest BCUT2D eigenvalue weighted by Crippen LogP contribution is 2.42. The lowest BCUT2D eigenvalue weighted by Crippen LogP contribution is -2.34. The summed E-state index contributed by atoms with van der Waals surface area (Å²) in [5, 5.41) is 10.7. The molecular weight excluding hydrogens is 527 g/mol. The number of carbonyl (C=O) groups is 2. The molecule has 0 aliphatic carbocycles. The van der Waals surface area contributed by atoms with Crippen molar-refractivity contribution in [1.29, 1.82) is 0 Å². The Morgan fingerprint density at radius 2 is 2.03 bits per heavy atom. The normalized spacial score (nSPS) is 16.1. The summed E-state index contributed by atoms with van der Waals surface area (Å²) in [6.45, 7) is 7.35. The van der Waals surface area contributed by atoms with Crippen LogP contribution in [-0.4, -0.2) is 55.0 Å². The van der Waals surface area contributed by atoms with Crippen LogP contribution in [-0.2, 0) is 12.7 Å². The molecule has 0 bridgehead atoms. The first-order chi connectivity index (χ1) is 17.7. The Hall–Kier alpha value is -3.75. The van der Waals surface area contributed by atoms with Crippen molar-refractivity contribution >= 4 is 29.0 Å². The summed E-state index contributed by atoms with van der Waals surface area (Å²) in [6.07, 6.45) is -2.25. The van der Waals surface area contributed by atoms with Gasteiger partial charge in [0.2, 0.25) is 5.89 Å². The van der Waals surface area contributed by atoms with Crippen molar-refractivity contribution in [1.82, 2.24) is 30.4 Å². The van der Waals surface area contributed by atoms with Gasteiger partial charge in [-0.15, -0.1) is 16.4 Å². The van der Waals surface area contributed by atoms with E-state index in [0.29, 0.717) is 17.9 Å². The summed E-state index contributed by atoms with van der Waals surface area (Å²) < 4.78 is 47.4. The van der Waals surface area contributed by atoms with Crippen molar-refractivity contribution in [2.24, 2.45) is 0 Å². The number of anilines is 1. The molecule has 2 amide bonds. The van der Waals surface area contributed by atoms with E-state index in [4.69, 9.17) is 4.42 Å². The van der Waals surface area contributed by atoms with E-state index in [2.05, 4.69) is 30.8 Å². The van der Waals surface area contributed by atoms with Crippen LogP contribution in [0.1, 0.15) is 72.3 Å². The van der Waals surface area contributed by atoms with Crippen molar-refractivity contribution in [3.63, 3.8) is 0 Å². The zero-order valence-electron chi connectivity index (χ0n) is 21.0. The molecule has 1 aliphatic rings. The maximum Gasteiger partial charge on any atom is 0.434 e. The van der Waals surface area contributed by atoms with Gasteiger partial charge in [-0.2, -0.15) is 13.2 Å². The first-order valence-corrected chi connectivity index (χ1v) is 12.5. The van der Waals surface area contributed by atoms with Gasteiger partial charge in [-0.05, 0) is 46.6 Å². The third kappa shape index (κ3) is 6.03. The molecule has 15 heteroatoms. The van der Waals surface area contributed by atoms with Gasteiger partial charge in [-0.3, -0.25) is 9.59 Å². The predicted octanol–water partition coefficient (Wildman–Crippen LogP) is 3.67. The number of H-pyrrole nitrogens is 1. The van der Waals surface area contributed by atoms with Crippen LogP contribution in [0.25, 0.3) is 10.4 Å². The number of nitrogens with zero attached hydrogens (tertiary/aromatic N) is 4. The highest BCUT2D eigenvalue weighted by atomic mass is 32.1. The molecule has 4 heterocycles. The molecule has 1 aliphatic heterocycles. The van der Waals surface area contributed by atoms with Crippen LogP contribution in [0.4, 0.5) is 19.0 Å². The summed E-state index contributed by atoms with van der Waals surface area (Å²) >= 11 is 0.647. The summed E-state index contributed by atoms with van der Waals surface area (Å²) in [5.41, 5.74) is -2.18. The number of aromatic nitrogens is 4. The number of alkyl halides is 3. The average Bonchev–Trinajstić information content (AvgIpc) is 3.55. The van der Waals surface area contributed by atoms with Crippen LogP contribution in [0.3, 0.4) is 0 Å². The molecule has 1 fully saturated rings. The maximum absolute atomic E-state index is 14.2. The Kier molecular flexibility index (Phi) is 7.32. The van der Waals surface area contributed by atoms with E-state index in [9.17, 15) is 27.6 Å². The molecule has 11 nitrogen and oxygen atoms in total. The second kappa shape index (κ2) is 10.2. The summed E-state index contributed by atoms with van der Waals surface area (Å²) in [4.78, 5) is 47.1. The highest BCUT2D eigenvalue weighted by Gasteiger charge is 2.38. The smallest absolute Gasteiger partial charge is 0.391 e. The lowest BCUT2D eigenvalue weighted by Gasteiger charge is -2.23. The first-order valence-electron chi connectivity index (χ1n) is 11.7. The average molecular weight is 554 g/mol. The van der Waals surface area contributed by atoms with Crippen LogP contribution in [0.15, 0.2) is 21.5 Å². The molecule has 3 N–H and O–H groups in total. The maximum atomic E-state index is 14.2. The number of aromatic amines is 1. The lowest BCUT2D eigenvalue weighted by molar-refractivity contribution is -0.137. The fourth-order valence-electron chi connectivity index (χ4n) is 4.01. The van der Waals surface area contributed by atoms with E-state index < -0.39 is 34.8 Å². The fraction of sp³-hybridized carbons (Fsp3) is 0.478. The molecule has 38 heavy (non-hydrogen) atoms. The molecule has 204 valence electrons. The molecule has 1 atom stereocenters. The van der Waals surface area contributed by atoms with Crippen LogP contribution in [0, 0.1) is 0 Å². The molecule has 0 aromatic carbocycles. The van der Waals surface area contributed by atoms with Crippen molar-refractivity contribution in [3.05, 3.63) is 45.0 Å². The van der Waals surface area contributed by atoms with Crippen LogP contribution in [0.5, 0.6) is 0 Å². The minimum atomic E-state index is -4.78. The van der Waals surface area contributed by atoms with E-state index >= 15 is 0 Å². The minimum absolute atomic E-state index is 0.0117. The molecule has 3 aromatic heterocycles. The van der Waals surface area contributed by atoms with E-state index in [1.807, 2.05) is 6.92 Å². The fourth-order valence-corrected chi connectivity index (χ4v) is 5.00. The van der Waals surface area contributed by atoms with Gasteiger partial charge in [-0.25, -0.2) is 19.9 Å². The molecule has 3 aromatic rings. The number of pyridine rings is 1. The Morgan fingerprint density at radius 3 is 2.61 bits per heavy atom. The molecule has 4 rings (SSSR count). The van der Waals surface area contributed by atoms with Gasteiger partial charge >= 0.3 is 11.9 Å². The molecular formula is C23H26F3N7O4S. The number of amides is 2. The van der Waals surface area contributed by atoms with Gasteiger partial charge in [0.1, 0.15) is 11.5 Å². The van der Waals surface area contributed by atoms with Gasteiger partial charge in [0.05, 0.1) is 17.0 Å². The summed E-state index contributed by atoms with van der Waals surface area (Å²) in [5.74, 6) is -2.24. The number of hydrogen-bond acceptors (Lipinski definition) is 9. The topological polar surface area (TPSA) is 146 Å². The van der Waals surface area contributed by atoms with Crippen molar-refractivity contribution in [3.8, 4) is 10.4 Å². The van der Waals surface area contributed by atoms with Crippen LogP contribution < -0.4 is 16.4 Å². The number of carbonyl (C=O) groups excluding carboxylic acids is 2. The van der Waals surface area contributed by atoms with E-state index in [-0.39, 0.29) is 45.4 Å². The summed E-state index contributed by atoms with van der Waals surface area (Å²) in [6, 6.07) is 0.752. The highest BCUT2D eigenvalue weighted by molar-refractivity contribution is 7.17. The monoisotopic (exact) mass is 553 g/mol. The van der Waals surface area contributed by atoms with Gasteiger partial charge in [0.15, 0.2) is 5.01 Å². The Bertz CT molecular complexity index is 1410. The largest absolute Gasteiger partial charge is 0.434 e. The zero-order valence-corrected chi connectivity index (χ0v) is 21.8. The van der Waals surface area contributed by atoms with Crippen LogP contribution >= 0.6 is 11.3 Å². The molecule has 0 unspecified atom stereocenters. The molecule has 0 spiro atoms.